The Morgan fingerprint density at radius 1 is 0.930 bits per heavy atom. The van der Waals surface area contributed by atoms with Gasteiger partial charge in [0.2, 0.25) is 5.82 Å². The molecule has 0 saturated carbocycles. The molecule has 10 heteroatoms. The summed E-state index contributed by atoms with van der Waals surface area (Å²) < 4.78 is 7.78. The fourth-order valence-corrected chi connectivity index (χ4v) is 5.45. The number of unbranched alkanes of at least 4 members (excludes halogenated alkanes) is 8. The lowest BCUT2D eigenvalue weighted by molar-refractivity contribution is -0.145. The first-order chi connectivity index (χ1) is 21.1. The molecule has 0 atom stereocenters. The van der Waals surface area contributed by atoms with E-state index in [1.165, 1.54) is 12.8 Å². The van der Waals surface area contributed by atoms with Gasteiger partial charge in [-0.05, 0) is 41.2 Å². The van der Waals surface area contributed by atoms with Crippen molar-refractivity contribution < 1.29 is 14.6 Å². The summed E-state index contributed by atoms with van der Waals surface area (Å²) in [6, 6.07) is 16.4. The number of benzene rings is 2. The maximum Gasteiger partial charge on any atom is 0.306 e. The van der Waals surface area contributed by atoms with Crippen molar-refractivity contribution in [3.63, 3.8) is 0 Å². The predicted octanol–water partition coefficient (Wildman–Crippen LogP) is 7.32. The number of nitrogens with zero attached hydrogens (tertiary/aromatic N) is 5. The lowest BCUT2D eigenvalue weighted by Gasteiger charge is -2.14. The lowest BCUT2D eigenvalue weighted by atomic mass is 9.98. The molecule has 2 aromatic heterocycles. The average molecular weight is 607 g/mol. The highest BCUT2D eigenvalue weighted by Crippen LogP contribution is 2.30. The predicted molar refractivity (Wildman–Crippen MR) is 168 cm³/mol. The molecule has 0 bridgehead atoms. The Hall–Kier alpha value is -3.56. The van der Waals surface area contributed by atoms with Gasteiger partial charge in [0.25, 0.3) is 0 Å². The molecule has 2 aromatic carbocycles. The highest BCUT2D eigenvalue weighted by Gasteiger charge is 2.18. The molecule has 43 heavy (non-hydrogen) atoms. The summed E-state index contributed by atoms with van der Waals surface area (Å²) in [5.74, 6) is 1.26. The molecule has 4 aromatic rings. The third kappa shape index (κ3) is 9.73. The number of imidazole rings is 1. The van der Waals surface area contributed by atoms with Crippen molar-refractivity contribution in [2.24, 2.45) is 0 Å². The van der Waals surface area contributed by atoms with E-state index in [-0.39, 0.29) is 19.2 Å². The monoisotopic (exact) mass is 606 g/mol. The van der Waals surface area contributed by atoms with Crippen molar-refractivity contribution in [1.82, 2.24) is 30.2 Å². The first-order valence-electron chi connectivity index (χ1n) is 15.5. The number of aromatic amines is 1. The summed E-state index contributed by atoms with van der Waals surface area (Å²) in [5, 5.41) is 23.8. The zero-order chi connectivity index (χ0) is 30.3. The molecule has 2 N–H and O–H groups in total. The fourth-order valence-electron chi connectivity index (χ4n) is 5.20. The highest BCUT2D eigenvalue weighted by atomic mass is 35.5. The Balaban J connectivity index is 1.37. The highest BCUT2D eigenvalue weighted by molar-refractivity contribution is 6.30. The number of rotatable bonds is 19. The maximum absolute atomic E-state index is 12.5. The topological polar surface area (TPSA) is 119 Å². The third-order valence-corrected chi connectivity index (χ3v) is 7.94. The van der Waals surface area contributed by atoms with E-state index < -0.39 is 0 Å². The number of aromatic nitrogens is 6. The Labute approximate surface area is 259 Å². The van der Waals surface area contributed by atoms with E-state index >= 15 is 0 Å². The number of H-pyrrole nitrogens is 1. The molecular weight excluding hydrogens is 564 g/mol. The number of hydrogen-bond acceptors (Lipinski definition) is 7. The number of carbonyl (C=O) groups excluding carboxylic acids is 1. The minimum absolute atomic E-state index is 0.109. The minimum atomic E-state index is -0.202. The van der Waals surface area contributed by atoms with Gasteiger partial charge in [0.05, 0.1) is 5.69 Å². The summed E-state index contributed by atoms with van der Waals surface area (Å²) in [5.41, 5.74) is 4.81. The van der Waals surface area contributed by atoms with E-state index in [4.69, 9.17) is 21.4 Å². The average Bonchev–Trinajstić information content (AvgIpc) is 3.67. The number of aliphatic hydroxyl groups excluding tert-OH is 1. The molecule has 0 saturated heterocycles. The standard InChI is InChI=1S/C33H43ClN6O3/c1-2-3-16-30-35-32(34)29(24-43-31(42)17-10-8-6-4-5-7-9-13-22-41)40(30)23-25-18-20-26(21-19-25)27-14-11-12-15-28(27)33-36-38-39-37-33/h11-12,14-15,18-21,41H,2-10,13,16-17,22-24H2,1H3,(H,36,37,38,39). The fraction of sp³-hybridized carbons (Fsp3) is 0.485. The van der Waals surface area contributed by atoms with Crippen molar-refractivity contribution in [2.75, 3.05) is 6.61 Å². The largest absolute Gasteiger partial charge is 0.459 e. The van der Waals surface area contributed by atoms with Gasteiger partial charge < -0.3 is 14.4 Å². The SMILES string of the molecule is CCCCc1nc(Cl)c(COC(=O)CCCCCCCCCCO)n1Cc1ccc(-c2ccccc2-c2nn[nH]n2)cc1. The van der Waals surface area contributed by atoms with E-state index in [0.717, 1.165) is 91.6 Å². The van der Waals surface area contributed by atoms with Gasteiger partial charge in [-0.2, -0.15) is 5.21 Å². The van der Waals surface area contributed by atoms with Crippen LogP contribution in [0.1, 0.15) is 94.6 Å². The number of aryl methyl sites for hydroxylation is 1. The van der Waals surface area contributed by atoms with Crippen LogP contribution in [0.25, 0.3) is 22.5 Å². The van der Waals surface area contributed by atoms with Crippen molar-refractivity contribution in [1.29, 1.82) is 0 Å². The first kappa shape index (κ1) is 32.4. The molecule has 9 nitrogen and oxygen atoms in total. The van der Waals surface area contributed by atoms with E-state index in [2.05, 4.69) is 61.4 Å². The van der Waals surface area contributed by atoms with Crippen LogP contribution in [0.15, 0.2) is 48.5 Å². The molecule has 4 rings (SSSR count). The van der Waals surface area contributed by atoms with Crippen molar-refractivity contribution in [3.8, 4) is 22.5 Å². The third-order valence-electron chi connectivity index (χ3n) is 7.63. The maximum atomic E-state index is 12.5. The Morgan fingerprint density at radius 3 is 2.30 bits per heavy atom. The van der Waals surface area contributed by atoms with E-state index in [1.807, 2.05) is 24.3 Å². The van der Waals surface area contributed by atoms with Crippen molar-refractivity contribution in [2.45, 2.75) is 97.1 Å². The second-order valence-corrected chi connectivity index (χ2v) is 11.3. The number of hydrogen-bond donors (Lipinski definition) is 2. The van der Waals surface area contributed by atoms with Crippen LogP contribution in [-0.2, 0) is 29.1 Å². The van der Waals surface area contributed by atoms with Crippen LogP contribution in [0.5, 0.6) is 0 Å². The van der Waals surface area contributed by atoms with Crippen LogP contribution < -0.4 is 0 Å². The van der Waals surface area contributed by atoms with Crippen molar-refractivity contribution >= 4 is 17.6 Å². The van der Waals surface area contributed by atoms with Gasteiger partial charge in [-0.1, -0.05) is 112 Å². The number of tetrazole rings is 1. The van der Waals surface area contributed by atoms with Gasteiger partial charge in [-0.25, -0.2) is 4.98 Å². The molecule has 0 aliphatic carbocycles. The van der Waals surface area contributed by atoms with Crippen LogP contribution in [0.3, 0.4) is 0 Å². The summed E-state index contributed by atoms with van der Waals surface area (Å²) in [4.78, 5) is 17.2. The number of ether oxygens (including phenoxy) is 1. The van der Waals surface area contributed by atoms with E-state index in [1.54, 1.807) is 0 Å². The molecule has 0 unspecified atom stereocenters. The number of nitrogens with one attached hydrogen (secondary N) is 1. The van der Waals surface area contributed by atoms with Crippen LogP contribution in [-0.4, -0.2) is 47.9 Å². The number of aliphatic hydroxyl groups is 1. The minimum Gasteiger partial charge on any atom is -0.459 e. The summed E-state index contributed by atoms with van der Waals surface area (Å²) in [7, 11) is 0. The normalized spacial score (nSPS) is 11.2. The van der Waals surface area contributed by atoms with Crippen LogP contribution in [0.4, 0.5) is 0 Å². The van der Waals surface area contributed by atoms with Crippen LogP contribution >= 0.6 is 11.6 Å². The quantitative estimate of drug-likeness (QED) is 0.0847. The van der Waals surface area contributed by atoms with Gasteiger partial charge in [0.15, 0.2) is 5.15 Å². The zero-order valence-corrected chi connectivity index (χ0v) is 25.9. The van der Waals surface area contributed by atoms with Gasteiger partial charge in [0.1, 0.15) is 12.4 Å². The Kier molecular flexibility index (Phi) is 13.2. The second-order valence-electron chi connectivity index (χ2n) is 10.9. The van der Waals surface area contributed by atoms with Gasteiger partial charge >= 0.3 is 5.97 Å². The smallest absolute Gasteiger partial charge is 0.306 e. The first-order valence-corrected chi connectivity index (χ1v) is 15.9. The van der Waals surface area contributed by atoms with Gasteiger partial charge in [-0.3, -0.25) is 4.79 Å². The second kappa shape index (κ2) is 17.5. The van der Waals surface area contributed by atoms with E-state index in [9.17, 15) is 4.79 Å². The molecule has 0 aliphatic rings. The van der Waals surface area contributed by atoms with E-state index in [0.29, 0.717) is 23.9 Å². The summed E-state index contributed by atoms with van der Waals surface area (Å²) in [6.45, 7) is 3.12. The molecule has 0 radical (unpaired) electrons. The number of esters is 1. The van der Waals surface area contributed by atoms with Gasteiger partial charge in [-0.15, -0.1) is 10.2 Å². The summed E-state index contributed by atoms with van der Waals surface area (Å²) in [6.07, 6.45) is 11.7. The van der Waals surface area contributed by atoms with Crippen molar-refractivity contribution in [3.05, 3.63) is 70.8 Å². The Morgan fingerprint density at radius 2 is 1.63 bits per heavy atom. The molecule has 2 heterocycles. The molecule has 230 valence electrons. The molecule has 0 amide bonds. The summed E-state index contributed by atoms with van der Waals surface area (Å²) >= 11 is 6.60. The molecule has 0 fully saturated rings. The molecule has 0 aliphatic heterocycles. The molecular formula is C33H43ClN6O3. The van der Waals surface area contributed by atoms with Crippen LogP contribution in [0.2, 0.25) is 5.15 Å². The van der Waals surface area contributed by atoms with Gasteiger partial charge in [0, 0.05) is 31.6 Å². The number of carbonyl (C=O) groups is 1. The Bertz CT molecular complexity index is 1390. The number of halogens is 1. The molecule has 0 spiro atoms. The van der Waals surface area contributed by atoms with Crippen LogP contribution in [0, 0.1) is 0 Å². The zero-order valence-electron chi connectivity index (χ0n) is 25.1. The lowest BCUT2D eigenvalue weighted by Crippen LogP contribution is -2.12.